The minimum absolute atomic E-state index is 0.0351. The van der Waals surface area contributed by atoms with Crippen LogP contribution in [0.25, 0.3) is 0 Å². The fraction of sp³-hybridized carbons (Fsp3) is 0.800. The molecule has 0 bridgehead atoms. The molecular weight excluding hydrogens is 396 g/mol. The van der Waals surface area contributed by atoms with Gasteiger partial charge in [-0.05, 0) is 81.1 Å². The number of hydrogen-bond donors (Lipinski definition) is 2. The van der Waals surface area contributed by atoms with E-state index in [9.17, 15) is 24.6 Å². The highest BCUT2D eigenvalue weighted by molar-refractivity contribution is 5.92. The zero-order valence-electron chi connectivity index (χ0n) is 19.0. The van der Waals surface area contributed by atoms with Gasteiger partial charge in [-0.3, -0.25) is 14.4 Å². The van der Waals surface area contributed by atoms with E-state index in [1.807, 2.05) is 6.08 Å². The van der Waals surface area contributed by atoms with Crippen LogP contribution in [0.4, 0.5) is 0 Å². The quantitative estimate of drug-likeness (QED) is 0.648. The maximum Gasteiger partial charge on any atom is 0.309 e. The molecule has 4 rings (SSSR count). The third-order valence-electron chi connectivity index (χ3n) is 9.43. The summed E-state index contributed by atoms with van der Waals surface area (Å²) in [4.78, 5) is 37.6. The number of carbonyl (C=O) groups is 3. The predicted molar refractivity (Wildman–Crippen MR) is 114 cm³/mol. The molecule has 7 atom stereocenters. The summed E-state index contributed by atoms with van der Waals surface area (Å²) in [6.07, 6.45) is 7.20. The van der Waals surface area contributed by atoms with Crippen molar-refractivity contribution in [3.05, 3.63) is 11.6 Å². The number of fused-ring (bicyclic) bond motifs is 5. The minimum atomic E-state index is -1.32. The van der Waals surface area contributed by atoms with Crippen LogP contribution in [0.5, 0.6) is 0 Å². The summed E-state index contributed by atoms with van der Waals surface area (Å²) in [6.45, 7) is 5.26. The summed E-state index contributed by atoms with van der Waals surface area (Å²) in [5.74, 6) is 0.361. The first kappa shape index (κ1) is 22.7. The molecule has 4 aliphatic rings. The molecule has 0 aliphatic heterocycles. The van der Waals surface area contributed by atoms with Gasteiger partial charge in [-0.15, -0.1) is 0 Å². The van der Waals surface area contributed by atoms with E-state index < -0.39 is 35.5 Å². The van der Waals surface area contributed by atoms with Gasteiger partial charge in [0, 0.05) is 11.8 Å². The highest BCUT2D eigenvalue weighted by Gasteiger charge is 2.68. The number of esters is 1. The number of allylic oxidation sites excluding steroid dienone is 1. The summed E-state index contributed by atoms with van der Waals surface area (Å²) in [7, 11) is 0. The van der Waals surface area contributed by atoms with Gasteiger partial charge in [0.2, 0.25) is 5.78 Å². The van der Waals surface area contributed by atoms with Crippen LogP contribution in [0, 0.1) is 28.6 Å². The average molecular weight is 433 g/mol. The maximum atomic E-state index is 13.1. The second kappa shape index (κ2) is 7.80. The minimum Gasteiger partial charge on any atom is -0.450 e. The monoisotopic (exact) mass is 432 g/mol. The Labute approximate surface area is 184 Å². The van der Waals surface area contributed by atoms with Crippen LogP contribution in [-0.2, 0) is 19.1 Å². The van der Waals surface area contributed by atoms with Gasteiger partial charge in [-0.2, -0.15) is 0 Å². The van der Waals surface area contributed by atoms with Gasteiger partial charge in [-0.25, -0.2) is 0 Å². The van der Waals surface area contributed by atoms with E-state index >= 15 is 0 Å². The molecule has 0 aromatic rings. The standard InChI is InChI=1S/C25H36O6/c1-15(27)12-22(30)31-25(21(29)14-26)11-8-20-18-5-4-16-13-17(28)6-9-23(16,2)19(18)7-10-24(20,25)3/h13,15,18-20,26-27H,4-12,14H2,1-3H3/t15?,18-,19+,20+,23+,24+,25+/m1/s1. The Balaban J connectivity index is 1.66. The Hall–Kier alpha value is -1.53. The lowest BCUT2D eigenvalue weighted by molar-refractivity contribution is -0.192. The fourth-order valence-corrected chi connectivity index (χ4v) is 7.85. The Kier molecular flexibility index (Phi) is 5.70. The number of rotatable bonds is 5. The van der Waals surface area contributed by atoms with E-state index in [-0.39, 0.29) is 23.5 Å². The largest absolute Gasteiger partial charge is 0.450 e. The lowest BCUT2D eigenvalue weighted by Gasteiger charge is -2.59. The molecule has 6 heteroatoms. The molecule has 31 heavy (non-hydrogen) atoms. The van der Waals surface area contributed by atoms with Crippen molar-refractivity contribution >= 4 is 17.5 Å². The van der Waals surface area contributed by atoms with E-state index in [1.165, 1.54) is 12.5 Å². The fourth-order valence-electron chi connectivity index (χ4n) is 7.85. The number of ether oxygens (including phenoxy) is 1. The van der Waals surface area contributed by atoms with E-state index in [0.29, 0.717) is 24.7 Å². The Morgan fingerprint density at radius 2 is 1.84 bits per heavy atom. The van der Waals surface area contributed by atoms with Crippen LogP contribution in [-0.4, -0.2) is 46.1 Å². The first-order valence-electron chi connectivity index (χ1n) is 11.9. The number of carbonyl (C=O) groups excluding carboxylic acids is 3. The van der Waals surface area contributed by atoms with Crippen molar-refractivity contribution in [1.82, 2.24) is 0 Å². The summed E-state index contributed by atoms with van der Waals surface area (Å²) in [5, 5.41) is 19.4. The molecule has 3 saturated carbocycles. The summed E-state index contributed by atoms with van der Waals surface area (Å²) in [6, 6.07) is 0. The molecule has 4 aliphatic carbocycles. The van der Waals surface area contributed by atoms with Crippen molar-refractivity contribution in [3.8, 4) is 0 Å². The first-order chi connectivity index (χ1) is 14.6. The van der Waals surface area contributed by atoms with Crippen LogP contribution in [0.1, 0.15) is 78.6 Å². The third kappa shape index (κ3) is 3.32. The van der Waals surface area contributed by atoms with Gasteiger partial charge < -0.3 is 14.9 Å². The van der Waals surface area contributed by atoms with Crippen LogP contribution < -0.4 is 0 Å². The van der Waals surface area contributed by atoms with Crippen LogP contribution >= 0.6 is 0 Å². The van der Waals surface area contributed by atoms with Crippen molar-refractivity contribution in [2.45, 2.75) is 90.3 Å². The molecule has 0 aromatic heterocycles. The molecule has 0 amide bonds. The molecule has 2 N–H and O–H groups in total. The molecular formula is C25H36O6. The molecule has 1 unspecified atom stereocenters. The second-order valence-corrected chi connectivity index (χ2v) is 10.9. The van der Waals surface area contributed by atoms with E-state index in [1.54, 1.807) is 0 Å². The number of ketones is 2. The van der Waals surface area contributed by atoms with Gasteiger partial charge in [0.1, 0.15) is 6.61 Å². The summed E-state index contributed by atoms with van der Waals surface area (Å²) < 4.78 is 5.90. The normalized spacial score (nSPS) is 42.7. The first-order valence-corrected chi connectivity index (χ1v) is 11.9. The maximum absolute atomic E-state index is 13.1. The molecule has 0 spiro atoms. The average Bonchev–Trinajstić information content (AvgIpc) is 3.00. The molecule has 0 radical (unpaired) electrons. The third-order valence-corrected chi connectivity index (χ3v) is 9.43. The molecule has 6 nitrogen and oxygen atoms in total. The van der Waals surface area contributed by atoms with Crippen LogP contribution in [0.2, 0.25) is 0 Å². The van der Waals surface area contributed by atoms with Crippen molar-refractivity contribution in [1.29, 1.82) is 0 Å². The van der Waals surface area contributed by atoms with Crippen molar-refractivity contribution in [2.75, 3.05) is 6.61 Å². The van der Waals surface area contributed by atoms with Gasteiger partial charge in [0.05, 0.1) is 12.5 Å². The van der Waals surface area contributed by atoms with Gasteiger partial charge in [0.15, 0.2) is 11.4 Å². The van der Waals surface area contributed by atoms with Crippen molar-refractivity contribution in [3.63, 3.8) is 0 Å². The van der Waals surface area contributed by atoms with E-state index in [4.69, 9.17) is 4.74 Å². The molecule has 0 heterocycles. The van der Waals surface area contributed by atoms with Gasteiger partial charge in [0.25, 0.3) is 0 Å². The smallest absolute Gasteiger partial charge is 0.309 e. The lowest BCUT2D eigenvalue weighted by atomic mass is 9.46. The Morgan fingerprint density at radius 1 is 1.13 bits per heavy atom. The van der Waals surface area contributed by atoms with Crippen LogP contribution in [0.15, 0.2) is 11.6 Å². The van der Waals surface area contributed by atoms with Crippen molar-refractivity contribution in [2.24, 2.45) is 28.6 Å². The SMILES string of the molecule is CC(O)CC(=O)O[C@]1(C(=O)CO)CC[C@H]2[C@@H]3CCC4=CC(=O)CC[C@]4(C)[C@H]3CC[C@@]21C. The zero-order valence-corrected chi connectivity index (χ0v) is 19.0. The molecule has 172 valence electrons. The molecule has 0 aromatic carbocycles. The molecule has 0 saturated heterocycles. The number of hydrogen-bond acceptors (Lipinski definition) is 6. The highest BCUT2D eigenvalue weighted by atomic mass is 16.6. The molecule has 3 fully saturated rings. The lowest BCUT2D eigenvalue weighted by Crippen LogP contribution is -2.60. The Morgan fingerprint density at radius 3 is 2.52 bits per heavy atom. The second-order valence-electron chi connectivity index (χ2n) is 10.9. The van der Waals surface area contributed by atoms with E-state index in [2.05, 4.69) is 13.8 Å². The zero-order chi connectivity index (χ0) is 22.6. The van der Waals surface area contributed by atoms with Gasteiger partial charge >= 0.3 is 5.97 Å². The summed E-state index contributed by atoms with van der Waals surface area (Å²) in [5.41, 5.74) is -0.506. The Bertz CT molecular complexity index is 815. The van der Waals surface area contributed by atoms with Crippen LogP contribution in [0.3, 0.4) is 0 Å². The number of aliphatic hydroxyl groups is 2. The number of Topliss-reactive ketones (excluding diaryl/α,β-unsaturated/α-hetero) is 1. The predicted octanol–water partition coefficient (Wildman–Crippen LogP) is 3.13. The van der Waals surface area contributed by atoms with Crippen molar-refractivity contribution < 1.29 is 29.3 Å². The summed E-state index contributed by atoms with van der Waals surface area (Å²) >= 11 is 0. The number of aliphatic hydroxyl groups excluding tert-OH is 2. The highest BCUT2D eigenvalue weighted by Crippen LogP contribution is 2.68. The van der Waals surface area contributed by atoms with Gasteiger partial charge in [-0.1, -0.05) is 19.4 Å². The topological polar surface area (TPSA) is 101 Å². The van der Waals surface area contributed by atoms with E-state index in [0.717, 1.165) is 38.5 Å².